The van der Waals surface area contributed by atoms with Crippen LogP contribution in [0.25, 0.3) is 0 Å². The minimum absolute atomic E-state index is 0.0122. The summed E-state index contributed by atoms with van der Waals surface area (Å²) >= 11 is 8.78. The van der Waals surface area contributed by atoms with E-state index in [1.54, 1.807) is 4.90 Å². The molecule has 0 bridgehead atoms. The number of anilines is 2. The predicted octanol–water partition coefficient (Wildman–Crippen LogP) is 5.98. The van der Waals surface area contributed by atoms with Gasteiger partial charge in [-0.05, 0) is 62.1 Å². The minimum atomic E-state index is -1.02. The molecule has 40 heavy (non-hydrogen) atoms. The lowest BCUT2D eigenvalue weighted by Crippen LogP contribution is -2.39. The number of aromatic nitrogens is 2. The van der Waals surface area contributed by atoms with E-state index in [0.29, 0.717) is 39.3 Å². The fourth-order valence-corrected chi connectivity index (χ4v) is 6.83. The first-order valence-corrected chi connectivity index (χ1v) is 14.6. The fraction of sp³-hybridized carbons (Fsp3) is 0.250. The molecule has 0 saturated heterocycles. The molecule has 2 heterocycles. The number of carbonyl (C=O) groups excluding carboxylic acids is 2. The number of hydrogen-bond acceptors (Lipinski definition) is 9. The molecular weight excluding hydrogens is 571 g/mol. The van der Waals surface area contributed by atoms with Gasteiger partial charge in [0.2, 0.25) is 11.0 Å². The lowest BCUT2D eigenvalue weighted by Gasteiger charge is -2.38. The first-order valence-electron chi connectivity index (χ1n) is 12.4. The van der Waals surface area contributed by atoms with Gasteiger partial charge in [0, 0.05) is 34.0 Å². The number of nitrogens with one attached hydrogen (secondary N) is 1. The van der Waals surface area contributed by atoms with Crippen LogP contribution in [0.5, 0.6) is 0 Å². The fourth-order valence-electron chi connectivity index (χ4n) is 4.87. The highest BCUT2D eigenvalue weighted by Gasteiger charge is 2.42. The Labute approximate surface area is 243 Å². The van der Waals surface area contributed by atoms with E-state index in [9.17, 15) is 14.9 Å². The zero-order valence-corrected chi connectivity index (χ0v) is 24.0. The summed E-state index contributed by atoms with van der Waals surface area (Å²) in [7, 11) is 0. The lowest BCUT2D eigenvalue weighted by atomic mass is 9.75. The largest absolute Gasteiger partial charge is 0.384 e. The number of ketones is 1. The summed E-state index contributed by atoms with van der Waals surface area (Å²) in [5.41, 5.74) is 10.4. The van der Waals surface area contributed by atoms with Crippen molar-refractivity contribution in [1.29, 1.82) is 5.26 Å². The average molecular weight is 595 g/mol. The molecule has 1 aliphatic heterocycles. The van der Waals surface area contributed by atoms with Crippen molar-refractivity contribution < 1.29 is 14.0 Å². The van der Waals surface area contributed by atoms with Gasteiger partial charge in [-0.3, -0.25) is 14.5 Å². The summed E-state index contributed by atoms with van der Waals surface area (Å²) < 4.78 is 15.6. The highest BCUT2D eigenvalue weighted by atomic mass is 35.5. The summed E-state index contributed by atoms with van der Waals surface area (Å²) in [6.07, 6.45) is 1.31. The number of rotatable bonds is 6. The van der Waals surface area contributed by atoms with E-state index in [4.69, 9.17) is 17.3 Å². The molecule has 12 heteroatoms. The van der Waals surface area contributed by atoms with E-state index in [1.807, 2.05) is 32.0 Å². The number of amides is 1. The smallest absolute Gasteiger partial charge is 0.234 e. The Balaban J connectivity index is 1.43. The number of carbonyl (C=O) groups is 2. The van der Waals surface area contributed by atoms with Crippen molar-refractivity contribution in [3.63, 3.8) is 0 Å². The number of thioether (sulfide) groups is 1. The molecule has 0 fully saturated rings. The van der Waals surface area contributed by atoms with Crippen LogP contribution in [0.4, 0.5) is 15.2 Å². The number of nitrogens with two attached hydrogens (primary N) is 1. The predicted molar refractivity (Wildman–Crippen MR) is 155 cm³/mol. The second kappa shape index (κ2) is 11.4. The molecule has 8 nitrogen and oxygen atoms in total. The normalized spacial score (nSPS) is 17.1. The topological polar surface area (TPSA) is 125 Å². The van der Waals surface area contributed by atoms with Crippen molar-refractivity contribution in [1.82, 2.24) is 10.2 Å². The highest BCUT2D eigenvalue weighted by molar-refractivity contribution is 8.01. The SMILES string of the molecule is Cc1ccc(NC(=O)CSc2nnc(N3C(N)=C(C#N)C(c4c(F)cccc4Cl)C4=C3CCCC4=O)s2)cc1C. The van der Waals surface area contributed by atoms with Gasteiger partial charge in [0.15, 0.2) is 10.1 Å². The first-order chi connectivity index (χ1) is 19.2. The van der Waals surface area contributed by atoms with E-state index in [2.05, 4.69) is 21.6 Å². The van der Waals surface area contributed by atoms with Crippen LogP contribution in [0.3, 0.4) is 0 Å². The third-order valence-corrected chi connectivity index (χ3v) is 9.28. The average Bonchev–Trinajstić information content (AvgIpc) is 3.38. The molecule has 0 radical (unpaired) electrons. The van der Waals surface area contributed by atoms with Crippen LogP contribution in [0.1, 0.15) is 41.9 Å². The monoisotopic (exact) mass is 594 g/mol. The number of aryl methyl sites for hydroxylation is 2. The Morgan fingerprint density at radius 3 is 2.80 bits per heavy atom. The zero-order valence-electron chi connectivity index (χ0n) is 21.6. The van der Waals surface area contributed by atoms with E-state index >= 15 is 4.39 Å². The number of allylic oxidation sites excluding steroid dienone is 3. The summed E-state index contributed by atoms with van der Waals surface area (Å²) in [6, 6.07) is 12.0. The lowest BCUT2D eigenvalue weighted by molar-refractivity contribution is -0.116. The van der Waals surface area contributed by atoms with E-state index < -0.39 is 11.7 Å². The van der Waals surface area contributed by atoms with Gasteiger partial charge >= 0.3 is 0 Å². The number of nitriles is 1. The highest BCUT2D eigenvalue weighted by Crippen LogP contribution is 2.48. The molecule has 1 unspecified atom stereocenters. The number of Topliss-reactive ketones (excluding diaryl/α,β-unsaturated/α-hetero) is 1. The van der Waals surface area contributed by atoms with Crippen LogP contribution >= 0.6 is 34.7 Å². The van der Waals surface area contributed by atoms with E-state index in [1.165, 1.54) is 41.3 Å². The van der Waals surface area contributed by atoms with Crippen molar-refractivity contribution in [2.45, 2.75) is 43.4 Å². The van der Waals surface area contributed by atoms with Crippen LogP contribution in [-0.2, 0) is 9.59 Å². The second-order valence-electron chi connectivity index (χ2n) is 9.44. The first kappa shape index (κ1) is 27.8. The Hall–Kier alpha value is -3.72. The van der Waals surface area contributed by atoms with Crippen LogP contribution in [0.2, 0.25) is 5.02 Å². The van der Waals surface area contributed by atoms with Crippen molar-refractivity contribution in [2.24, 2.45) is 5.73 Å². The maximum absolute atomic E-state index is 15.0. The second-order valence-corrected chi connectivity index (χ2v) is 12.0. The Morgan fingerprint density at radius 1 is 1.27 bits per heavy atom. The van der Waals surface area contributed by atoms with Gasteiger partial charge in [-0.2, -0.15) is 5.26 Å². The third kappa shape index (κ3) is 5.22. The van der Waals surface area contributed by atoms with Gasteiger partial charge in [0.05, 0.1) is 23.3 Å². The molecule has 5 rings (SSSR count). The number of halogens is 2. The van der Waals surface area contributed by atoms with Crippen LogP contribution < -0.4 is 16.0 Å². The molecule has 1 atom stereocenters. The van der Waals surface area contributed by atoms with Crippen molar-refractivity contribution in [3.8, 4) is 6.07 Å². The molecule has 1 aromatic heterocycles. The van der Waals surface area contributed by atoms with Crippen LogP contribution in [-0.4, -0.2) is 27.6 Å². The third-order valence-electron chi connectivity index (χ3n) is 6.91. The van der Waals surface area contributed by atoms with Crippen LogP contribution in [0, 0.1) is 31.0 Å². The molecule has 204 valence electrons. The summed E-state index contributed by atoms with van der Waals surface area (Å²) in [5, 5.41) is 21.9. The maximum atomic E-state index is 15.0. The molecule has 3 aromatic rings. The Bertz CT molecular complexity index is 1620. The number of hydrogen-bond donors (Lipinski definition) is 2. The van der Waals surface area contributed by atoms with E-state index in [-0.39, 0.29) is 45.8 Å². The Kier molecular flexibility index (Phi) is 7.94. The quantitative estimate of drug-likeness (QED) is 0.334. The van der Waals surface area contributed by atoms with Crippen LogP contribution in [0.15, 0.2) is 63.4 Å². The molecule has 0 spiro atoms. The van der Waals surface area contributed by atoms with Gasteiger partial charge in [-0.1, -0.05) is 46.8 Å². The molecule has 1 amide bonds. The standard InChI is InChI=1S/C28H24ClFN6O2S2/c1-14-9-10-16(11-15(14)2)33-22(38)13-39-28-35-34-27(40-28)36-20-7-4-8-21(37)25(20)23(17(12-31)26(36)32)24-18(29)5-3-6-19(24)30/h3,5-6,9-11,23H,4,7-8,13,32H2,1-2H3,(H,33,38). The zero-order chi connectivity index (χ0) is 28.6. The van der Waals surface area contributed by atoms with Gasteiger partial charge in [0.1, 0.15) is 11.6 Å². The molecule has 3 N–H and O–H groups in total. The molecular formula is C28H24ClFN6O2S2. The van der Waals surface area contributed by atoms with Gasteiger partial charge < -0.3 is 11.1 Å². The number of nitrogens with zero attached hydrogens (tertiary/aromatic N) is 4. The molecule has 2 aliphatic rings. The molecule has 2 aromatic carbocycles. The minimum Gasteiger partial charge on any atom is -0.384 e. The summed E-state index contributed by atoms with van der Waals surface area (Å²) in [6.45, 7) is 3.99. The van der Waals surface area contributed by atoms with Crippen molar-refractivity contribution in [3.05, 3.63) is 86.6 Å². The molecule has 0 saturated carbocycles. The van der Waals surface area contributed by atoms with Gasteiger partial charge in [-0.15, -0.1) is 10.2 Å². The summed E-state index contributed by atoms with van der Waals surface area (Å²) in [4.78, 5) is 27.3. The van der Waals surface area contributed by atoms with Crippen molar-refractivity contribution >= 4 is 57.2 Å². The Morgan fingerprint density at radius 2 is 2.08 bits per heavy atom. The van der Waals surface area contributed by atoms with Gasteiger partial charge in [-0.25, -0.2) is 4.39 Å². The van der Waals surface area contributed by atoms with Gasteiger partial charge in [0.25, 0.3) is 0 Å². The number of benzene rings is 2. The molecule has 1 aliphatic carbocycles. The summed E-state index contributed by atoms with van der Waals surface area (Å²) in [5.74, 6) is -1.88. The maximum Gasteiger partial charge on any atom is 0.234 e. The van der Waals surface area contributed by atoms with Crippen molar-refractivity contribution in [2.75, 3.05) is 16.0 Å². The van der Waals surface area contributed by atoms with E-state index in [0.717, 1.165) is 11.1 Å².